The Morgan fingerprint density at radius 3 is 1.77 bits per heavy atom. The SMILES string of the molecule is CC(C)(C)[Si](C)(C)O[C@@H]1O[C@H]1[C@@H](C#N)O[Si](C)(C)C(C)(C)C. The first-order valence-electron chi connectivity index (χ1n) is 8.03. The van der Waals surface area contributed by atoms with Crippen molar-refractivity contribution in [1.29, 1.82) is 5.26 Å². The second-order valence-electron chi connectivity index (χ2n) is 9.28. The van der Waals surface area contributed by atoms with E-state index in [4.69, 9.17) is 13.6 Å². The lowest BCUT2D eigenvalue weighted by Gasteiger charge is -2.37. The topological polar surface area (TPSA) is 54.8 Å². The van der Waals surface area contributed by atoms with Gasteiger partial charge in [-0.3, -0.25) is 0 Å². The first kappa shape index (κ1) is 19.8. The highest BCUT2D eigenvalue weighted by molar-refractivity contribution is 6.74. The van der Waals surface area contributed by atoms with Crippen LogP contribution in [0.2, 0.25) is 36.3 Å². The highest BCUT2D eigenvalue weighted by Crippen LogP contribution is 2.43. The molecule has 0 aromatic rings. The number of epoxide rings is 1. The van der Waals surface area contributed by atoms with Crippen LogP contribution in [0.1, 0.15) is 41.5 Å². The first-order valence-corrected chi connectivity index (χ1v) is 13.8. The van der Waals surface area contributed by atoms with Crippen LogP contribution < -0.4 is 0 Å². The molecule has 1 heterocycles. The number of hydrogen-bond donors (Lipinski definition) is 0. The predicted molar refractivity (Wildman–Crippen MR) is 94.6 cm³/mol. The molecule has 3 atom stereocenters. The smallest absolute Gasteiger partial charge is 0.195 e. The van der Waals surface area contributed by atoms with Crippen LogP contribution in [0.3, 0.4) is 0 Å². The van der Waals surface area contributed by atoms with E-state index in [0.29, 0.717) is 0 Å². The van der Waals surface area contributed by atoms with Crippen molar-refractivity contribution in [1.82, 2.24) is 0 Å². The third-order valence-corrected chi connectivity index (χ3v) is 14.2. The van der Waals surface area contributed by atoms with Gasteiger partial charge in [-0.15, -0.1) is 0 Å². The summed E-state index contributed by atoms with van der Waals surface area (Å²) in [4.78, 5) is 0. The summed E-state index contributed by atoms with van der Waals surface area (Å²) < 4.78 is 18.1. The fourth-order valence-corrected chi connectivity index (χ4v) is 3.85. The average molecular weight is 344 g/mol. The van der Waals surface area contributed by atoms with Gasteiger partial charge in [-0.1, -0.05) is 41.5 Å². The van der Waals surface area contributed by atoms with Crippen molar-refractivity contribution in [2.75, 3.05) is 0 Å². The second-order valence-corrected chi connectivity index (χ2v) is 18.8. The van der Waals surface area contributed by atoms with Gasteiger partial charge in [0.05, 0.1) is 6.07 Å². The zero-order valence-electron chi connectivity index (χ0n) is 15.9. The number of hydrogen-bond acceptors (Lipinski definition) is 4. The molecule has 0 saturated carbocycles. The van der Waals surface area contributed by atoms with E-state index in [9.17, 15) is 5.26 Å². The number of rotatable bonds is 5. The monoisotopic (exact) mass is 343 g/mol. The minimum atomic E-state index is -1.98. The van der Waals surface area contributed by atoms with Crippen LogP contribution >= 0.6 is 0 Å². The van der Waals surface area contributed by atoms with Crippen LogP contribution in [-0.2, 0) is 13.6 Å². The Hall–Kier alpha value is -0.196. The third-order valence-electron chi connectivity index (χ3n) is 5.35. The summed E-state index contributed by atoms with van der Waals surface area (Å²) in [7, 11) is -3.86. The fourth-order valence-electron chi connectivity index (χ4n) is 1.55. The highest BCUT2D eigenvalue weighted by Gasteiger charge is 2.54. The van der Waals surface area contributed by atoms with Gasteiger partial charge in [0.1, 0.15) is 6.10 Å². The van der Waals surface area contributed by atoms with Crippen LogP contribution in [0.25, 0.3) is 0 Å². The molecule has 0 amide bonds. The molecule has 0 radical (unpaired) electrons. The summed E-state index contributed by atoms with van der Waals surface area (Å²) in [6.45, 7) is 21.8. The van der Waals surface area contributed by atoms with E-state index >= 15 is 0 Å². The predicted octanol–water partition coefficient (Wildman–Crippen LogP) is 4.65. The lowest BCUT2D eigenvalue weighted by Crippen LogP contribution is -2.46. The standard InChI is InChI=1S/C16H33NO3Si2/c1-15(2,3)21(7,8)19-12(11-17)13-14(18-13)20-22(9,10)16(4,5)6/h12-14H,1-10H3/t12-,13+,14+/m1/s1. The molecule has 4 nitrogen and oxygen atoms in total. The molecular formula is C16H33NO3Si2. The largest absolute Gasteiger partial charge is 0.399 e. The molecule has 1 aliphatic rings. The van der Waals surface area contributed by atoms with Crippen LogP contribution in [0.5, 0.6) is 0 Å². The van der Waals surface area contributed by atoms with Crippen molar-refractivity contribution >= 4 is 16.6 Å². The van der Waals surface area contributed by atoms with Crippen LogP contribution in [0.15, 0.2) is 0 Å². The Bertz CT molecular complexity index is 444. The van der Waals surface area contributed by atoms with Gasteiger partial charge in [0.25, 0.3) is 0 Å². The zero-order chi connectivity index (χ0) is 17.6. The Kier molecular flexibility index (Phi) is 5.43. The van der Waals surface area contributed by atoms with E-state index in [1.165, 1.54) is 0 Å². The number of nitrogens with zero attached hydrogens (tertiary/aromatic N) is 1. The molecular weight excluding hydrogens is 310 g/mol. The Balaban J connectivity index is 2.69. The quantitative estimate of drug-likeness (QED) is 0.538. The van der Waals surface area contributed by atoms with E-state index < -0.39 is 22.7 Å². The molecule has 0 aromatic carbocycles. The van der Waals surface area contributed by atoms with Gasteiger partial charge < -0.3 is 13.6 Å². The molecule has 0 N–H and O–H groups in total. The highest BCUT2D eigenvalue weighted by atomic mass is 28.4. The fraction of sp³-hybridized carbons (Fsp3) is 0.938. The lowest BCUT2D eigenvalue weighted by molar-refractivity contribution is 0.158. The van der Waals surface area contributed by atoms with Crippen molar-refractivity contribution in [3.05, 3.63) is 0 Å². The summed E-state index contributed by atoms with van der Waals surface area (Å²) in [6.07, 6.45) is -1.06. The molecule has 0 aliphatic carbocycles. The Morgan fingerprint density at radius 1 is 0.955 bits per heavy atom. The van der Waals surface area contributed by atoms with E-state index in [1.54, 1.807) is 0 Å². The first-order chi connectivity index (χ1) is 9.62. The third kappa shape index (κ3) is 4.42. The lowest BCUT2D eigenvalue weighted by atomic mass is 10.2. The maximum absolute atomic E-state index is 9.46. The minimum absolute atomic E-state index is 0.0762. The van der Waals surface area contributed by atoms with E-state index in [0.717, 1.165) is 0 Å². The van der Waals surface area contributed by atoms with Gasteiger partial charge >= 0.3 is 0 Å². The molecule has 1 fully saturated rings. The van der Waals surface area contributed by atoms with E-state index in [-0.39, 0.29) is 22.5 Å². The summed E-state index contributed by atoms with van der Waals surface area (Å²) >= 11 is 0. The van der Waals surface area contributed by atoms with E-state index in [1.807, 2.05) is 0 Å². The van der Waals surface area contributed by atoms with Crippen LogP contribution in [0, 0.1) is 11.3 Å². The molecule has 1 rings (SSSR count). The average Bonchev–Trinajstić information content (AvgIpc) is 3.01. The summed E-state index contributed by atoms with van der Waals surface area (Å²) in [6, 6.07) is 2.27. The van der Waals surface area contributed by atoms with Crippen LogP contribution in [0.4, 0.5) is 0 Å². The molecule has 128 valence electrons. The van der Waals surface area contributed by atoms with Gasteiger partial charge in [0.2, 0.25) is 0 Å². The zero-order valence-corrected chi connectivity index (χ0v) is 17.9. The minimum Gasteiger partial charge on any atom is -0.399 e. The second kappa shape index (κ2) is 6.02. The molecule has 22 heavy (non-hydrogen) atoms. The Labute approximate surface area is 138 Å². The van der Waals surface area contributed by atoms with Gasteiger partial charge in [0.15, 0.2) is 29.0 Å². The van der Waals surface area contributed by atoms with Gasteiger partial charge in [-0.25, -0.2) is 0 Å². The molecule has 0 unspecified atom stereocenters. The van der Waals surface area contributed by atoms with Crippen molar-refractivity contribution in [3.63, 3.8) is 0 Å². The summed E-state index contributed by atoms with van der Waals surface area (Å²) in [5.74, 6) is 0. The van der Waals surface area contributed by atoms with Crippen molar-refractivity contribution in [3.8, 4) is 6.07 Å². The molecule has 1 aliphatic heterocycles. The van der Waals surface area contributed by atoms with Gasteiger partial charge in [-0.05, 0) is 36.3 Å². The number of ether oxygens (including phenoxy) is 1. The van der Waals surface area contributed by atoms with Crippen molar-refractivity contribution < 1.29 is 13.6 Å². The van der Waals surface area contributed by atoms with Gasteiger partial charge in [0, 0.05) is 0 Å². The maximum atomic E-state index is 9.46. The van der Waals surface area contributed by atoms with Crippen LogP contribution in [-0.4, -0.2) is 35.1 Å². The summed E-state index contributed by atoms with van der Waals surface area (Å²) in [5, 5.41) is 9.67. The maximum Gasteiger partial charge on any atom is 0.195 e. The molecule has 0 aromatic heterocycles. The number of nitriles is 1. The Morgan fingerprint density at radius 2 is 1.41 bits per heavy atom. The van der Waals surface area contributed by atoms with E-state index in [2.05, 4.69) is 73.8 Å². The van der Waals surface area contributed by atoms with Crippen molar-refractivity contribution in [2.24, 2.45) is 0 Å². The van der Waals surface area contributed by atoms with Gasteiger partial charge in [-0.2, -0.15) is 5.26 Å². The molecule has 6 heteroatoms. The molecule has 0 bridgehead atoms. The molecule has 1 saturated heterocycles. The van der Waals surface area contributed by atoms with Crippen molar-refractivity contribution in [2.45, 2.75) is 96.3 Å². The summed E-state index contributed by atoms with van der Waals surface area (Å²) in [5.41, 5.74) is 0. The molecule has 0 spiro atoms. The normalized spacial score (nSPS) is 24.8.